The zero-order valence-electron chi connectivity index (χ0n) is 10.9. The first-order valence-corrected chi connectivity index (χ1v) is 6.08. The lowest BCUT2D eigenvalue weighted by Crippen LogP contribution is -2.30. The Kier molecular flexibility index (Phi) is 2.76. The van der Waals surface area contributed by atoms with Crippen LogP contribution in [-0.4, -0.2) is 16.9 Å². The molecule has 0 bridgehead atoms. The number of benzene rings is 2. The van der Waals surface area contributed by atoms with Gasteiger partial charge in [-0.3, -0.25) is 9.59 Å². The SMILES string of the molecule is Cc1c(O)cccc1N1C(=O)c2cc(F)c(F)cc2C1=O. The second kappa shape index (κ2) is 4.37. The fraction of sp³-hybridized carbons (Fsp3) is 0.0667. The van der Waals surface area contributed by atoms with Crippen molar-refractivity contribution >= 4 is 17.5 Å². The van der Waals surface area contributed by atoms with Crippen LogP contribution in [0.25, 0.3) is 0 Å². The fourth-order valence-corrected chi connectivity index (χ4v) is 2.31. The number of fused-ring (bicyclic) bond motifs is 1. The van der Waals surface area contributed by atoms with Crippen LogP contribution in [0.5, 0.6) is 5.75 Å². The zero-order chi connectivity index (χ0) is 15.3. The molecule has 0 unspecified atom stereocenters. The number of anilines is 1. The quantitative estimate of drug-likeness (QED) is 0.821. The van der Waals surface area contributed by atoms with E-state index in [0.29, 0.717) is 17.7 Å². The number of imide groups is 1. The highest BCUT2D eigenvalue weighted by Crippen LogP contribution is 2.34. The maximum atomic E-state index is 13.3. The second-order valence-electron chi connectivity index (χ2n) is 4.68. The Labute approximate surface area is 118 Å². The van der Waals surface area contributed by atoms with Crippen LogP contribution in [0, 0.1) is 18.6 Å². The van der Waals surface area contributed by atoms with Gasteiger partial charge in [-0.15, -0.1) is 0 Å². The van der Waals surface area contributed by atoms with Gasteiger partial charge in [0.15, 0.2) is 11.6 Å². The summed E-state index contributed by atoms with van der Waals surface area (Å²) < 4.78 is 26.5. The Hall–Kier alpha value is -2.76. The third-order valence-corrected chi connectivity index (χ3v) is 3.44. The van der Waals surface area contributed by atoms with Gasteiger partial charge in [0, 0.05) is 5.56 Å². The Morgan fingerprint density at radius 1 is 1.00 bits per heavy atom. The van der Waals surface area contributed by atoms with Crippen LogP contribution in [-0.2, 0) is 0 Å². The van der Waals surface area contributed by atoms with Gasteiger partial charge in [-0.05, 0) is 31.2 Å². The molecule has 0 saturated heterocycles. The van der Waals surface area contributed by atoms with E-state index in [0.717, 1.165) is 4.90 Å². The van der Waals surface area contributed by atoms with Crippen molar-refractivity contribution in [1.29, 1.82) is 0 Å². The average Bonchev–Trinajstić information content (AvgIpc) is 2.67. The van der Waals surface area contributed by atoms with Crippen LogP contribution in [0.1, 0.15) is 26.3 Å². The van der Waals surface area contributed by atoms with E-state index in [2.05, 4.69) is 0 Å². The summed E-state index contributed by atoms with van der Waals surface area (Å²) in [5, 5.41) is 9.67. The number of phenolic OH excluding ortho intramolecular Hbond substituents is 1. The number of aromatic hydroxyl groups is 1. The molecule has 1 aliphatic heterocycles. The Morgan fingerprint density at radius 2 is 1.52 bits per heavy atom. The molecule has 2 amide bonds. The summed E-state index contributed by atoms with van der Waals surface area (Å²) in [5.41, 5.74) is 0.123. The van der Waals surface area contributed by atoms with Crippen molar-refractivity contribution in [3.8, 4) is 5.75 Å². The molecule has 0 aromatic heterocycles. The number of carbonyl (C=O) groups is 2. The molecule has 0 aliphatic carbocycles. The van der Waals surface area contributed by atoms with Gasteiger partial charge < -0.3 is 5.11 Å². The lowest BCUT2D eigenvalue weighted by atomic mass is 10.1. The summed E-state index contributed by atoms with van der Waals surface area (Å²) in [7, 11) is 0. The fourth-order valence-electron chi connectivity index (χ4n) is 2.31. The van der Waals surface area contributed by atoms with Crippen LogP contribution in [0.3, 0.4) is 0 Å². The number of halogens is 2. The van der Waals surface area contributed by atoms with Gasteiger partial charge in [0.2, 0.25) is 0 Å². The van der Waals surface area contributed by atoms with E-state index in [-0.39, 0.29) is 22.6 Å². The molecule has 0 fully saturated rings. The first-order valence-electron chi connectivity index (χ1n) is 6.08. The highest BCUT2D eigenvalue weighted by Gasteiger charge is 2.38. The molecule has 1 N–H and O–H groups in total. The van der Waals surface area contributed by atoms with Gasteiger partial charge in [-0.2, -0.15) is 0 Å². The number of hydrogen-bond acceptors (Lipinski definition) is 3. The topological polar surface area (TPSA) is 57.6 Å². The predicted octanol–water partition coefficient (Wildman–Crippen LogP) is 2.78. The molecule has 3 rings (SSSR count). The summed E-state index contributed by atoms with van der Waals surface area (Å²) in [6.07, 6.45) is 0. The van der Waals surface area contributed by atoms with Crippen molar-refractivity contribution in [2.24, 2.45) is 0 Å². The Morgan fingerprint density at radius 3 is 2.05 bits per heavy atom. The van der Waals surface area contributed by atoms with Crippen molar-refractivity contribution in [3.05, 3.63) is 58.7 Å². The molecule has 0 atom stereocenters. The predicted molar refractivity (Wildman–Crippen MR) is 70.3 cm³/mol. The van der Waals surface area contributed by atoms with E-state index in [1.54, 1.807) is 0 Å². The van der Waals surface area contributed by atoms with E-state index in [4.69, 9.17) is 0 Å². The van der Waals surface area contributed by atoms with Gasteiger partial charge in [-0.25, -0.2) is 13.7 Å². The van der Waals surface area contributed by atoms with Crippen molar-refractivity contribution in [2.75, 3.05) is 4.90 Å². The number of phenols is 1. The van der Waals surface area contributed by atoms with Crippen molar-refractivity contribution in [2.45, 2.75) is 6.92 Å². The average molecular weight is 289 g/mol. The molecule has 106 valence electrons. The van der Waals surface area contributed by atoms with E-state index in [9.17, 15) is 23.5 Å². The molecular formula is C15H9F2NO3. The van der Waals surface area contributed by atoms with Crippen LogP contribution in [0.15, 0.2) is 30.3 Å². The van der Waals surface area contributed by atoms with Gasteiger partial charge >= 0.3 is 0 Å². The van der Waals surface area contributed by atoms with Crippen molar-refractivity contribution in [3.63, 3.8) is 0 Å². The highest BCUT2D eigenvalue weighted by molar-refractivity contribution is 6.34. The molecule has 0 spiro atoms. The van der Waals surface area contributed by atoms with Crippen LogP contribution < -0.4 is 4.90 Å². The lowest BCUT2D eigenvalue weighted by molar-refractivity contribution is 0.0925. The molecular weight excluding hydrogens is 280 g/mol. The summed E-state index contributed by atoms with van der Waals surface area (Å²) >= 11 is 0. The minimum Gasteiger partial charge on any atom is -0.508 e. The third-order valence-electron chi connectivity index (χ3n) is 3.44. The molecule has 4 nitrogen and oxygen atoms in total. The largest absolute Gasteiger partial charge is 0.508 e. The minimum absolute atomic E-state index is 0.0820. The zero-order valence-corrected chi connectivity index (χ0v) is 10.9. The third kappa shape index (κ3) is 1.79. The van der Waals surface area contributed by atoms with Crippen molar-refractivity contribution in [1.82, 2.24) is 0 Å². The van der Waals surface area contributed by atoms with Crippen LogP contribution in [0.4, 0.5) is 14.5 Å². The summed E-state index contributed by atoms with van der Waals surface area (Å²) in [4.78, 5) is 25.3. The monoisotopic (exact) mass is 289 g/mol. The number of carbonyl (C=O) groups excluding carboxylic acids is 2. The van der Waals surface area contributed by atoms with Gasteiger partial charge in [0.1, 0.15) is 5.75 Å². The number of nitrogens with zero attached hydrogens (tertiary/aromatic N) is 1. The van der Waals surface area contributed by atoms with Gasteiger partial charge in [-0.1, -0.05) is 6.07 Å². The standard InChI is InChI=1S/C15H9F2NO3/c1-7-12(3-2-4-13(7)19)18-14(20)8-5-10(16)11(17)6-9(8)15(18)21/h2-6,19H,1H3. The highest BCUT2D eigenvalue weighted by atomic mass is 19.2. The smallest absolute Gasteiger partial charge is 0.266 e. The first-order chi connectivity index (χ1) is 9.91. The van der Waals surface area contributed by atoms with E-state index in [1.807, 2.05) is 0 Å². The number of hydrogen-bond donors (Lipinski definition) is 1. The number of rotatable bonds is 1. The first kappa shape index (κ1) is 13.2. The molecule has 0 radical (unpaired) electrons. The Balaban J connectivity index is 2.18. The summed E-state index contributed by atoms with van der Waals surface area (Å²) in [6, 6.07) is 5.79. The molecule has 6 heteroatoms. The number of amides is 2. The maximum Gasteiger partial charge on any atom is 0.266 e. The van der Waals surface area contributed by atoms with Crippen LogP contribution in [0.2, 0.25) is 0 Å². The van der Waals surface area contributed by atoms with E-state index < -0.39 is 23.4 Å². The molecule has 21 heavy (non-hydrogen) atoms. The molecule has 1 aliphatic rings. The maximum absolute atomic E-state index is 13.3. The summed E-state index contributed by atoms with van der Waals surface area (Å²) in [6.45, 7) is 1.54. The molecule has 0 saturated carbocycles. The minimum atomic E-state index is -1.19. The Bertz CT molecular complexity index is 761. The molecule has 1 heterocycles. The van der Waals surface area contributed by atoms with Gasteiger partial charge in [0.25, 0.3) is 11.8 Å². The van der Waals surface area contributed by atoms with Crippen LogP contribution >= 0.6 is 0 Å². The normalized spacial score (nSPS) is 13.8. The lowest BCUT2D eigenvalue weighted by Gasteiger charge is -2.17. The van der Waals surface area contributed by atoms with Crippen molar-refractivity contribution < 1.29 is 23.5 Å². The summed E-state index contributed by atoms with van der Waals surface area (Å²) in [5.74, 6) is -3.96. The van der Waals surface area contributed by atoms with Gasteiger partial charge in [0.05, 0.1) is 16.8 Å². The molecule has 2 aromatic carbocycles. The molecule has 2 aromatic rings. The van der Waals surface area contributed by atoms with E-state index >= 15 is 0 Å². The second-order valence-corrected chi connectivity index (χ2v) is 4.68. The van der Waals surface area contributed by atoms with E-state index in [1.165, 1.54) is 25.1 Å².